The second kappa shape index (κ2) is 10.5. The lowest BCUT2D eigenvalue weighted by Gasteiger charge is -2.17. The molecule has 1 aliphatic rings. The predicted octanol–water partition coefficient (Wildman–Crippen LogP) is 3.27. The number of aromatic nitrogens is 2. The van der Waals surface area contributed by atoms with Crippen molar-refractivity contribution in [3.8, 4) is 5.75 Å². The Balaban J connectivity index is 1.29. The van der Waals surface area contributed by atoms with Gasteiger partial charge in [0.1, 0.15) is 11.4 Å². The number of guanidine groups is 1. The quantitative estimate of drug-likeness (QED) is 0.420. The zero-order valence-corrected chi connectivity index (χ0v) is 19.2. The Morgan fingerprint density at radius 1 is 1.28 bits per heavy atom. The van der Waals surface area contributed by atoms with E-state index in [-0.39, 0.29) is 0 Å². The smallest absolute Gasteiger partial charge is 0.191 e. The highest BCUT2D eigenvalue weighted by atomic mass is 16.5. The zero-order valence-electron chi connectivity index (χ0n) is 19.2. The maximum Gasteiger partial charge on any atom is 0.191 e. The Bertz CT molecular complexity index is 1070. The van der Waals surface area contributed by atoms with E-state index in [2.05, 4.69) is 64.3 Å². The fourth-order valence-corrected chi connectivity index (χ4v) is 3.90. The van der Waals surface area contributed by atoms with Crippen LogP contribution in [0.2, 0.25) is 0 Å². The van der Waals surface area contributed by atoms with E-state index in [9.17, 15) is 0 Å². The molecule has 1 aromatic carbocycles. The van der Waals surface area contributed by atoms with Crippen LogP contribution in [0.3, 0.4) is 0 Å². The van der Waals surface area contributed by atoms with Crippen molar-refractivity contribution in [3.63, 3.8) is 0 Å². The van der Waals surface area contributed by atoms with E-state index in [1.807, 2.05) is 12.3 Å². The summed E-state index contributed by atoms with van der Waals surface area (Å²) in [6, 6.07) is 10.5. The Hall–Kier alpha value is -3.06. The Kier molecular flexibility index (Phi) is 7.27. The molecule has 0 radical (unpaired) electrons. The number of ether oxygens (including phenoxy) is 2. The lowest BCUT2D eigenvalue weighted by Crippen LogP contribution is -2.38. The summed E-state index contributed by atoms with van der Waals surface area (Å²) in [4.78, 5) is 9.10. The highest BCUT2D eigenvalue weighted by Gasteiger charge is 2.17. The second-order valence-corrected chi connectivity index (χ2v) is 8.41. The van der Waals surface area contributed by atoms with Crippen LogP contribution in [0.5, 0.6) is 5.75 Å². The molecule has 1 saturated heterocycles. The standard InChI is InChI=1S/C25H33N5O2/c1-18-6-7-21(23(13-18)32-17-20-9-12-31-16-20)14-28-25(26-3)27-10-8-22-15-30-11-4-5-19(2)24(30)29-22/h4-7,11,13,15,20H,8-10,12,14,16-17H2,1-3H3,(H2,26,27,28). The first-order valence-electron chi connectivity index (χ1n) is 11.3. The van der Waals surface area contributed by atoms with Crippen molar-refractivity contribution in [2.75, 3.05) is 33.4 Å². The molecule has 0 spiro atoms. The number of hydrogen-bond acceptors (Lipinski definition) is 4. The van der Waals surface area contributed by atoms with Gasteiger partial charge in [-0.15, -0.1) is 0 Å². The normalized spacial score (nSPS) is 16.5. The molecule has 1 unspecified atom stereocenters. The van der Waals surface area contributed by atoms with Gasteiger partial charge in [0, 0.05) is 57.0 Å². The summed E-state index contributed by atoms with van der Waals surface area (Å²) in [6.45, 7) is 7.90. The molecule has 1 aliphatic heterocycles. The third kappa shape index (κ3) is 5.59. The number of nitrogens with one attached hydrogen (secondary N) is 2. The summed E-state index contributed by atoms with van der Waals surface area (Å²) >= 11 is 0. The van der Waals surface area contributed by atoms with Crippen LogP contribution in [0, 0.1) is 19.8 Å². The number of rotatable bonds is 8. The van der Waals surface area contributed by atoms with E-state index >= 15 is 0 Å². The van der Waals surface area contributed by atoms with Gasteiger partial charge in [-0.2, -0.15) is 0 Å². The number of pyridine rings is 1. The monoisotopic (exact) mass is 435 g/mol. The molecule has 3 aromatic rings. The predicted molar refractivity (Wildman–Crippen MR) is 127 cm³/mol. The first-order chi connectivity index (χ1) is 15.6. The molecule has 0 bridgehead atoms. The summed E-state index contributed by atoms with van der Waals surface area (Å²) in [6.07, 6.45) is 6.02. The number of fused-ring (bicyclic) bond motifs is 1. The highest BCUT2D eigenvalue weighted by molar-refractivity contribution is 5.79. The van der Waals surface area contributed by atoms with Gasteiger partial charge in [-0.05, 0) is 43.5 Å². The first kappa shape index (κ1) is 22.1. The van der Waals surface area contributed by atoms with Gasteiger partial charge in [0.05, 0.1) is 18.9 Å². The molecule has 0 amide bonds. The number of hydrogen-bond donors (Lipinski definition) is 2. The van der Waals surface area contributed by atoms with Gasteiger partial charge in [-0.25, -0.2) is 4.98 Å². The minimum Gasteiger partial charge on any atom is -0.493 e. The largest absolute Gasteiger partial charge is 0.493 e. The van der Waals surface area contributed by atoms with Gasteiger partial charge in [-0.3, -0.25) is 4.99 Å². The van der Waals surface area contributed by atoms with Crippen molar-refractivity contribution in [1.29, 1.82) is 0 Å². The van der Waals surface area contributed by atoms with Crippen molar-refractivity contribution < 1.29 is 9.47 Å². The topological polar surface area (TPSA) is 72.2 Å². The van der Waals surface area contributed by atoms with Crippen LogP contribution in [0.15, 0.2) is 47.7 Å². The lowest BCUT2D eigenvalue weighted by molar-refractivity contribution is 0.166. The van der Waals surface area contributed by atoms with Crippen LogP contribution < -0.4 is 15.4 Å². The van der Waals surface area contributed by atoms with Gasteiger partial charge in [0.25, 0.3) is 0 Å². The van der Waals surface area contributed by atoms with E-state index in [1.54, 1.807) is 7.05 Å². The van der Waals surface area contributed by atoms with Crippen LogP contribution in [-0.2, 0) is 17.7 Å². The van der Waals surface area contributed by atoms with Gasteiger partial charge in [0.2, 0.25) is 0 Å². The third-order valence-corrected chi connectivity index (χ3v) is 5.79. The maximum absolute atomic E-state index is 6.15. The van der Waals surface area contributed by atoms with Crippen LogP contribution in [0.4, 0.5) is 0 Å². The molecular weight excluding hydrogens is 402 g/mol. The summed E-state index contributed by atoms with van der Waals surface area (Å²) in [5.74, 6) is 2.18. The fourth-order valence-electron chi connectivity index (χ4n) is 3.90. The van der Waals surface area contributed by atoms with Gasteiger partial charge in [-0.1, -0.05) is 18.2 Å². The molecule has 7 heteroatoms. The summed E-state index contributed by atoms with van der Waals surface area (Å²) in [5.41, 5.74) is 5.57. The average Bonchev–Trinajstić information content (AvgIpc) is 3.46. The van der Waals surface area contributed by atoms with E-state index in [0.29, 0.717) is 19.1 Å². The molecular formula is C25H33N5O2. The first-order valence-corrected chi connectivity index (χ1v) is 11.3. The number of benzene rings is 1. The SMILES string of the molecule is CN=C(NCCc1cn2cccc(C)c2n1)NCc1ccc(C)cc1OCC1CCOC1. The zero-order chi connectivity index (χ0) is 22.3. The lowest BCUT2D eigenvalue weighted by atomic mass is 10.1. The van der Waals surface area contributed by atoms with Crippen molar-refractivity contribution in [3.05, 3.63) is 65.1 Å². The fraction of sp³-hybridized carbons (Fsp3) is 0.440. The second-order valence-electron chi connectivity index (χ2n) is 8.41. The molecule has 170 valence electrons. The Labute approximate surface area is 189 Å². The molecule has 0 saturated carbocycles. The molecule has 3 heterocycles. The molecule has 2 N–H and O–H groups in total. The molecule has 1 fully saturated rings. The number of aryl methyl sites for hydroxylation is 2. The van der Waals surface area contributed by atoms with Crippen molar-refractivity contribution in [1.82, 2.24) is 20.0 Å². The summed E-state index contributed by atoms with van der Waals surface area (Å²) in [7, 11) is 1.79. The average molecular weight is 436 g/mol. The van der Waals surface area contributed by atoms with Gasteiger partial charge < -0.3 is 24.5 Å². The van der Waals surface area contributed by atoms with Crippen LogP contribution in [0.1, 0.15) is 28.8 Å². The van der Waals surface area contributed by atoms with Crippen molar-refractivity contribution in [2.24, 2.45) is 10.9 Å². The highest BCUT2D eigenvalue weighted by Crippen LogP contribution is 2.22. The molecule has 4 rings (SSSR count). The Morgan fingerprint density at radius 3 is 2.97 bits per heavy atom. The molecule has 2 aromatic heterocycles. The molecule has 32 heavy (non-hydrogen) atoms. The van der Waals surface area contributed by atoms with Crippen molar-refractivity contribution in [2.45, 2.75) is 33.2 Å². The van der Waals surface area contributed by atoms with Crippen LogP contribution >= 0.6 is 0 Å². The Morgan fingerprint density at radius 2 is 2.19 bits per heavy atom. The number of nitrogens with zero attached hydrogens (tertiary/aromatic N) is 3. The van der Waals surface area contributed by atoms with E-state index < -0.39 is 0 Å². The summed E-state index contributed by atoms with van der Waals surface area (Å²) < 4.78 is 13.7. The van der Waals surface area contributed by atoms with Gasteiger partial charge in [0.15, 0.2) is 5.96 Å². The van der Waals surface area contributed by atoms with E-state index in [0.717, 1.165) is 61.2 Å². The van der Waals surface area contributed by atoms with E-state index in [4.69, 9.17) is 14.5 Å². The minimum atomic E-state index is 0.481. The van der Waals surface area contributed by atoms with Gasteiger partial charge >= 0.3 is 0 Å². The van der Waals surface area contributed by atoms with E-state index in [1.165, 1.54) is 11.1 Å². The molecule has 1 atom stereocenters. The number of aliphatic imine (C=N–C) groups is 1. The van der Waals surface area contributed by atoms with Crippen LogP contribution in [0.25, 0.3) is 5.65 Å². The number of imidazole rings is 1. The summed E-state index contributed by atoms with van der Waals surface area (Å²) in [5, 5.41) is 6.79. The van der Waals surface area contributed by atoms with Crippen LogP contribution in [-0.4, -0.2) is 48.8 Å². The van der Waals surface area contributed by atoms with Crippen molar-refractivity contribution >= 4 is 11.6 Å². The molecule has 0 aliphatic carbocycles. The minimum absolute atomic E-state index is 0.481. The maximum atomic E-state index is 6.15. The molecule has 7 nitrogen and oxygen atoms in total. The third-order valence-electron chi connectivity index (χ3n) is 5.79.